The first-order valence-electron chi connectivity index (χ1n) is 3.72. The van der Waals surface area contributed by atoms with Gasteiger partial charge in [0.25, 0.3) is 0 Å². The highest BCUT2D eigenvalue weighted by atomic mass is 19.1. The third-order valence-electron chi connectivity index (χ3n) is 1.83. The third kappa shape index (κ3) is 1.13. The second-order valence-corrected chi connectivity index (χ2v) is 2.63. The first-order valence-corrected chi connectivity index (χ1v) is 3.72. The van der Waals surface area contributed by atoms with Crippen molar-refractivity contribution in [2.75, 3.05) is 0 Å². The van der Waals surface area contributed by atoms with Gasteiger partial charge in [-0.3, -0.25) is 4.98 Å². The minimum Gasteiger partial charge on any atom is -0.408 e. The van der Waals surface area contributed by atoms with E-state index in [9.17, 15) is 9.18 Å². The number of nitrogens with two attached hydrogens (primary N) is 1. The molecule has 1 aromatic carbocycles. The molecule has 4 nitrogen and oxygen atoms in total. The van der Waals surface area contributed by atoms with Gasteiger partial charge < -0.3 is 10.2 Å². The number of fused-ring (bicyclic) bond motifs is 1. The average Bonchev–Trinajstić information content (AvgIpc) is 2.47. The molecule has 0 saturated carbocycles. The van der Waals surface area contributed by atoms with Crippen molar-refractivity contribution in [2.45, 2.75) is 6.54 Å². The van der Waals surface area contributed by atoms with Crippen LogP contribution in [-0.4, -0.2) is 4.98 Å². The monoisotopic (exact) mass is 182 g/mol. The lowest BCUT2D eigenvalue weighted by Crippen LogP contribution is -2.00. The van der Waals surface area contributed by atoms with Crippen molar-refractivity contribution in [1.82, 2.24) is 4.98 Å². The van der Waals surface area contributed by atoms with Gasteiger partial charge in [-0.2, -0.15) is 0 Å². The molecule has 0 aliphatic carbocycles. The Morgan fingerprint density at radius 1 is 1.54 bits per heavy atom. The number of nitrogens with one attached hydrogen (secondary N) is 1. The zero-order valence-corrected chi connectivity index (χ0v) is 6.63. The molecule has 0 aliphatic heterocycles. The standard InChI is InChI=1S/C8H7FN2O2/c9-6-4(3-10)1-2-5-7(6)11-8(12)13-5/h1-2H,3,10H2,(H,11,12). The summed E-state index contributed by atoms with van der Waals surface area (Å²) in [6.45, 7) is 0.0922. The number of oxazole rings is 1. The van der Waals surface area contributed by atoms with E-state index >= 15 is 0 Å². The van der Waals surface area contributed by atoms with Crippen molar-refractivity contribution >= 4 is 11.1 Å². The van der Waals surface area contributed by atoms with Gasteiger partial charge in [0, 0.05) is 12.1 Å². The number of rotatable bonds is 1. The van der Waals surface area contributed by atoms with Crippen LogP contribution in [0.5, 0.6) is 0 Å². The van der Waals surface area contributed by atoms with Crippen LogP contribution in [0.2, 0.25) is 0 Å². The van der Waals surface area contributed by atoms with Crippen molar-refractivity contribution < 1.29 is 8.81 Å². The molecule has 3 N–H and O–H groups in total. The molecule has 0 unspecified atom stereocenters. The molecule has 1 heterocycles. The number of hydrogen-bond acceptors (Lipinski definition) is 3. The Labute approximate surface area is 72.2 Å². The second kappa shape index (κ2) is 2.70. The fourth-order valence-corrected chi connectivity index (χ4v) is 1.19. The predicted octanol–water partition coefficient (Wildman–Crippen LogP) is 0.719. The van der Waals surface area contributed by atoms with Gasteiger partial charge >= 0.3 is 5.76 Å². The number of aromatic nitrogens is 1. The molecule has 13 heavy (non-hydrogen) atoms. The lowest BCUT2D eigenvalue weighted by Gasteiger charge is -1.97. The lowest BCUT2D eigenvalue weighted by molar-refractivity contribution is 0.555. The van der Waals surface area contributed by atoms with E-state index in [0.717, 1.165) is 0 Å². The number of benzene rings is 1. The number of hydrogen-bond donors (Lipinski definition) is 2. The van der Waals surface area contributed by atoms with Crippen molar-refractivity contribution in [1.29, 1.82) is 0 Å². The normalized spacial score (nSPS) is 10.9. The molecule has 0 radical (unpaired) electrons. The maximum atomic E-state index is 13.4. The number of aromatic amines is 1. The van der Waals surface area contributed by atoms with Crippen molar-refractivity contribution in [3.63, 3.8) is 0 Å². The molecule has 0 saturated heterocycles. The number of H-pyrrole nitrogens is 1. The highest BCUT2D eigenvalue weighted by Gasteiger charge is 2.09. The molecule has 0 fully saturated rings. The molecule has 0 atom stereocenters. The minimum atomic E-state index is -0.664. The maximum Gasteiger partial charge on any atom is 0.417 e. The summed E-state index contributed by atoms with van der Waals surface area (Å²) >= 11 is 0. The smallest absolute Gasteiger partial charge is 0.408 e. The molecular formula is C8H7FN2O2. The summed E-state index contributed by atoms with van der Waals surface area (Å²) in [7, 11) is 0. The summed E-state index contributed by atoms with van der Waals surface area (Å²) in [5.41, 5.74) is 5.92. The van der Waals surface area contributed by atoms with Gasteiger partial charge in [-0.05, 0) is 6.07 Å². The summed E-state index contributed by atoms with van der Waals surface area (Å²) in [4.78, 5) is 13.0. The van der Waals surface area contributed by atoms with Crippen molar-refractivity contribution in [3.8, 4) is 0 Å². The molecule has 0 spiro atoms. The van der Waals surface area contributed by atoms with Crippen LogP contribution in [0.3, 0.4) is 0 Å². The van der Waals surface area contributed by atoms with Gasteiger partial charge in [0.2, 0.25) is 0 Å². The van der Waals surface area contributed by atoms with E-state index in [-0.39, 0.29) is 17.6 Å². The lowest BCUT2D eigenvalue weighted by atomic mass is 10.2. The van der Waals surface area contributed by atoms with Gasteiger partial charge in [0.05, 0.1) is 0 Å². The van der Waals surface area contributed by atoms with Crippen LogP contribution >= 0.6 is 0 Å². The van der Waals surface area contributed by atoms with E-state index in [1.807, 2.05) is 0 Å². The summed E-state index contributed by atoms with van der Waals surface area (Å²) in [5, 5.41) is 0. The van der Waals surface area contributed by atoms with E-state index in [4.69, 9.17) is 5.73 Å². The first-order chi connectivity index (χ1) is 6.22. The molecule has 0 aliphatic rings. The van der Waals surface area contributed by atoms with Crippen LogP contribution in [0.4, 0.5) is 4.39 Å². The van der Waals surface area contributed by atoms with E-state index in [2.05, 4.69) is 9.40 Å². The predicted molar refractivity (Wildman–Crippen MR) is 44.7 cm³/mol. The quantitative estimate of drug-likeness (QED) is 0.682. The topological polar surface area (TPSA) is 72.0 Å². The fourth-order valence-electron chi connectivity index (χ4n) is 1.19. The fraction of sp³-hybridized carbons (Fsp3) is 0.125. The van der Waals surface area contributed by atoms with Gasteiger partial charge in [0.1, 0.15) is 5.52 Å². The van der Waals surface area contributed by atoms with Crippen LogP contribution in [0.25, 0.3) is 11.1 Å². The zero-order chi connectivity index (χ0) is 9.42. The Balaban J connectivity index is 2.85. The van der Waals surface area contributed by atoms with Crippen molar-refractivity contribution in [2.24, 2.45) is 5.73 Å². The Morgan fingerprint density at radius 3 is 3.00 bits per heavy atom. The van der Waals surface area contributed by atoms with E-state index in [0.29, 0.717) is 5.56 Å². The molecular weight excluding hydrogens is 175 g/mol. The van der Waals surface area contributed by atoms with Crippen molar-refractivity contribution in [3.05, 3.63) is 34.1 Å². The van der Waals surface area contributed by atoms with E-state index in [1.165, 1.54) is 12.1 Å². The Kier molecular flexibility index (Phi) is 1.66. The summed E-state index contributed by atoms with van der Waals surface area (Å²) in [5.74, 6) is -1.19. The van der Waals surface area contributed by atoms with E-state index < -0.39 is 11.6 Å². The summed E-state index contributed by atoms with van der Waals surface area (Å²) < 4.78 is 18.0. The third-order valence-corrected chi connectivity index (χ3v) is 1.83. The van der Waals surface area contributed by atoms with Gasteiger partial charge in [0.15, 0.2) is 11.4 Å². The molecule has 5 heteroatoms. The molecule has 0 bridgehead atoms. The van der Waals surface area contributed by atoms with Crippen LogP contribution in [0.1, 0.15) is 5.56 Å². The second-order valence-electron chi connectivity index (χ2n) is 2.63. The Bertz CT molecular complexity index is 500. The highest BCUT2D eigenvalue weighted by Crippen LogP contribution is 2.17. The van der Waals surface area contributed by atoms with E-state index in [1.54, 1.807) is 0 Å². The summed E-state index contributed by atoms with van der Waals surface area (Å²) in [6.07, 6.45) is 0. The van der Waals surface area contributed by atoms with Crippen LogP contribution < -0.4 is 11.5 Å². The van der Waals surface area contributed by atoms with Gasteiger partial charge in [-0.1, -0.05) is 6.07 Å². The van der Waals surface area contributed by atoms with Gasteiger partial charge in [-0.15, -0.1) is 0 Å². The minimum absolute atomic E-state index is 0.0768. The molecule has 68 valence electrons. The van der Waals surface area contributed by atoms with Crippen LogP contribution in [-0.2, 0) is 6.54 Å². The van der Waals surface area contributed by atoms with Crippen LogP contribution in [0, 0.1) is 5.82 Å². The zero-order valence-electron chi connectivity index (χ0n) is 6.63. The number of halogens is 1. The Hall–Kier alpha value is -1.62. The highest BCUT2D eigenvalue weighted by molar-refractivity contribution is 5.73. The maximum absolute atomic E-state index is 13.4. The van der Waals surface area contributed by atoms with Gasteiger partial charge in [-0.25, -0.2) is 9.18 Å². The first kappa shape index (κ1) is 8.00. The van der Waals surface area contributed by atoms with Crippen LogP contribution in [0.15, 0.2) is 21.3 Å². The average molecular weight is 182 g/mol. The molecule has 1 aromatic heterocycles. The molecule has 0 amide bonds. The largest absolute Gasteiger partial charge is 0.417 e. The molecule has 2 aromatic rings. The summed E-state index contributed by atoms with van der Waals surface area (Å²) in [6, 6.07) is 3.01. The SMILES string of the molecule is NCc1ccc2oc(=O)[nH]c2c1F. The Morgan fingerprint density at radius 2 is 2.31 bits per heavy atom. The molecule has 2 rings (SSSR count).